The van der Waals surface area contributed by atoms with E-state index in [1.54, 1.807) is 0 Å². The van der Waals surface area contributed by atoms with Crippen molar-refractivity contribution in [3.8, 4) is 0 Å². The number of nitrogens with zero attached hydrogens (tertiary/aromatic N) is 1. The molecular formula is C44H79N4O22+. The van der Waals surface area contributed by atoms with E-state index < -0.39 is 165 Å². The van der Waals surface area contributed by atoms with E-state index >= 15 is 0 Å². The molecule has 3 rings (SSSR count). The molecule has 0 aromatic rings. The SMILES string of the molecule is CCCCCCCCCCCCNCC([OH2+])C1OC(OC(CO)C(O)C2OC(OC(CO)C(O)C3OC(O)(C(=O)O)CC(O)C3NC(O)CC)(C(=O)O)CC(O)C2=NC(=O)CC)(C(=O)O)CC(O)C1N. The van der Waals surface area contributed by atoms with Crippen molar-refractivity contribution in [3.05, 3.63) is 0 Å². The van der Waals surface area contributed by atoms with Crippen LogP contribution in [0.2, 0.25) is 0 Å². The number of unbranched alkanes of at least 4 members (excludes halogenated alkanes) is 9. The van der Waals surface area contributed by atoms with Crippen molar-refractivity contribution < 1.29 is 109 Å². The van der Waals surface area contributed by atoms with Gasteiger partial charge < -0.3 is 101 Å². The van der Waals surface area contributed by atoms with Gasteiger partial charge in [-0.05, 0) is 19.4 Å². The predicted octanol–water partition coefficient (Wildman–Crippen LogP) is -3.76. The second-order valence-electron chi connectivity index (χ2n) is 18.3. The maximum atomic E-state index is 13.2. The topological polar surface area (TPSA) is 443 Å². The van der Waals surface area contributed by atoms with Gasteiger partial charge in [0.2, 0.25) is 5.91 Å². The van der Waals surface area contributed by atoms with Crippen LogP contribution < -0.4 is 16.4 Å². The van der Waals surface area contributed by atoms with E-state index in [-0.39, 0.29) is 19.4 Å². The number of carbonyl (C=O) groups excluding carboxylic acids is 1. The summed E-state index contributed by atoms with van der Waals surface area (Å²) in [7, 11) is 0. The first kappa shape index (κ1) is 61.3. The monoisotopic (exact) mass is 1020 g/mol. The number of aliphatic carboxylic acids is 3. The summed E-state index contributed by atoms with van der Waals surface area (Å²) in [6.07, 6.45) is -16.3. The lowest BCUT2D eigenvalue weighted by molar-refractivity contribution is -0.340. The fourth-order valence-electron chi connectivity index (χ4n) is 8.70. The lowest BCUT2D eigenvalue weighted by Gasteiger charge is -2.48. The van der Waals surface area contributed by atoms with E-state index in [2.05, 4.69) is 22.5 Å². The Morgan fingerprint density at radius 2 is 1.30 bits per heavy atom. The minimum atomic E-state index is -3.30. The molecule has 3 aliphatic rings. The van der Waals surface area contributed by atoms with Crippen LogP contribution in [0.1, 0.15) is 117 Å². The van der Waals surface area contributed by atoms with Gasteiger partial charge in [-0.25, -0.2) is 19.4 Å². The minimum Gasteiger partial charge on any atom is -0.477 e. The van der Waals surface area contributed by atoms with Crippen LogP contribution in [0.3, 0.4) is 0 Å². The highest BCUT2D eigenvalue weighted by molar-refractivity contribution is 6.02. The summed E-state index contributed by atoms with van der Waals surface area (Å²) in [4.78, 5) is 54.7. The smallest absolute Gasteiger partial charge is 0.364 e. The summed E-state index contributed by atoms with van der Waals surface area (Å²) in [5, 5.41) is 144. The first-order valence-electron chi connectivity index (χ1n) is 24.2. The Morgan fingerprint density at radius 3 is 1.81 bits per heavy atom. The van der Waals surface area contributed by atoms with Crippen LogP contribution in [-0.2, 0) is 42.9 Å². The van der Waals surface area contributed by atoms with E-state index in [0.29, 0.717) is 6.54 Å². The molecule has 3 aliphatic heterocycles. The van der Waals surface area contributed by atoms with E-state index in [1.807, 2.05) is 0 Å². The highest BCUT2D eigenvalue weighted by Crippen LogP contribution is 2.39. The summed E-state index contributed by atoms with van der Waals surface area (Å²) < 4.78 is 28.3. The van der Waals surface area contributed by atoms with Gasteiger partial charge in [0.1, 0.15) is 49.0 Å². The molecule has 70 heavy (non-hydrogen) atoms. The molecule has 3 heterocycles. The summed E-state index contributed by atoms with van der Waals surface area (Å²) in [5.41, 5.74) is 5.44. The number of carbonyl (C=O) groups is 4. The molecule has 0 aromatic carbocycles. The minimum absolute atomic E-state index is 0.00809. The lowest BCUT2D eigenvalue weighted by atomic mass is 9.88. The number of aliphatic hydroxyl groups excluding tert-OH is 8. The highest BCUT2D eigenvalue weighted by atomic mass is 16.8. The summed E-state index contributed by atoms with van der Waals surface area (Å²) >= 11 is 0. The molecule has 0 saturated carbocycles. The quantitative estimate of drug-likeness (QED) is 0.0180. The number of rotatable bonds is 31. The maximum absolute atomic E-state index is 13.2. The molecule has 0 bridgehead atoms. The Hall–Kier alpha value is -2.97. The van der Waals surface area contributed by atoms with Gasteiger partial charge in [0.25, 0.3) is 17.4 Å². The third-order valence-electron chi connectivity index (χ3n) is 12.9. The lowest BCUT2D eigenvalue weighted by Crippen LogP contribution is -2.69. The predicted molar refractivity (Wildman–Crippen MR) is 242 cm³/mol. The van der Waals surface area contributed by atoms with E-state index in [0.717, 1.165) is 32.1 Å². The van der Waals surface area contributed by atoms with Gasteiger partial charge in [0.05, 0.1) is 49.8 Å². The van der Waals surface area contributed by atoms with E-state index in [1.165, 1.54) is 46.0 Å². The molecule has 0 aromatic heterocycles. The van der Waals surface area contributed by atoms with Crippen molar-refractivity contribution in [1.29, 1.82) is 0 Å². The average molecular weight is 1020 g/mol. The zero-order valence-electron chi connectivity index (χ0n) is 40.1. The Morgan fingerprint density at radius 1 is 0.757 bits per heavy atom. The van der Waals surface area contributed by atoms with Crippen molar-refractivity contribution in [2.45, 2.75) is 220 Å². The molecule has 17 atom stereocenters. The molecule has 0 spiro atoms. The molecule has 17 unspecified atom stereocenters. The van der Waals surface area contributed by atoms with Crippen molar-refractivity contribution in [3.63, 3.8) is 0 Å². The largest absolute Gasteiger partial charge is 0.477 e. The van der Waals surface area contributed by atoms with E-state index in [9.17, 15) is 80.5 Å². The van der Waals surface area contributed by atoms with Crippen molar-refractivity contribution in [2.75, 3.05) is 26.3 Å². The maximum Gasteiger partial charge on any atom is 0.364 e. The van der Waals surface area contributed by atoms with Gasteiger partial charge in [-0.3, -0.25) is 10.1 Å². The second-order valence-corrected chi connectivity index (χ2v) is 18.3. The average Bonchev–Trinajstić information content (AvgIpc) is 3.31. The third kappa shape index (κ3) is 16.0. The molecule has 1 amide bonds. The molecule has 0 radical (unpaired) electrons. The van der Waals surface area contributed by atoms with Crippen LogP contribution in [0.15, 0.2) is 4.99 Å². The fourth-order valence-corrected chi connectivity index (χ4v) is 8.70. The molecule has 26 heteroatoms. The number of aliphatic imine (C=N–C) groups is 1. The van der Waals surface area contributed by atoms with Crippen LogP contribution >= 0.6 is 0 Å². The number of carboxylic acids is 3. The summed E-state index contributed by atoms with van der Waals surface area (Å²) in [6.45, 7) is 2.80. The number of nitrogens with one attached hydrogen (secondary N) is 2. The van der Waals surface area contributed by atoms with Gasteiger partial charge in [-0.2, -0.15) is 0 Å². The van der Waals surface area contributed by atoms with Crippen LogP contribution in [0, 0.1) is 0 Å². The van der Waals surface area contributed by atoms with Gasteiger partial charge in [-0.15, -0.1) is 0 Å². The molecule has 3 saturated heterocycles. The fraction of sp³-hybridized carbons (Fsp3) is 0.886. The van der Waals surface area contributed by atoms with Crippen LogP contribution in [0.25, 0.3) is 0 Å². The summed E-state index contributed by atoms with van der Waals surface area (Å²) in [5.74, 6) is -16.4. The zero-order chi connectivity index (χ0) is 52.6. The van der Waals surface area contributed by atoms with Crippen LogP contribution in [0.4, 0.5) is 0 Å². The Balaban J connectivity index is 1.91. The standard InChI is InChI=1S/C44H78N4O22/c1-4-7-8-9-10-11-12-13-14-15-16-46-20-26(54)36-31(45)23(51)18-43(69-36,40(61)62)66-28(22-50)35(58)38-33(48-30(56)6-3)25(53)19-44(70-38,41(63)64)67-27(21-49)34(57)37-32(47-29(55)5-2)24(52)17-42(65,68-37)39(59)60/h23-29,31-32,34-38,46-47,49-55,57-58,65H,4-22,45H2,1-3H3,(H,59,60)(H,61,62)(H,63,64)/p+1. The highest BCUT2D eigenvalue weighted by Gasteiger charge is 2.61. The second kappa shape index (κ2) is 28.5. The van der Waals surface area contributed by atoms with Crippen molar-refractivity contribution >= 4 is 29.5 Å². The number of nitrogens with two attached hydrogens (primary N) is 1. The number of carboxylic acid groups (broad SMARTS) is 3. The van der Waals surface area contributed by atoms with Gasteiger partial charge in [-0.1, -0.05) is 78.6 Å². The number of amides is 1. The number of hydrogen-bond acceptors (Lipinski definition) is 21. The van der Waals surface area contributed by atoms with Crippen LogP contribution in [-0.4, -0.2) is 225 Å². The third-order valence-corrected chi connectivity index (χ3v) is 12.9. The molecular weight excluding hydrogens is 936 g/mol. The number of aliphatic hydroxyl groups is 9. The van der Waals surface area contributed by atoms with Gasteiger partial charge in [0.15, 0.2) is 12.2 Å². The Labute approximate surface area is 405 Å². The molecule has 406 valence electrons. The first-order valence-corrected chi connectivity index (χ1v) is 24.2. The Bertz CT molecular complexity index is 1690. The molecule has 3 fully saturated rings. The Kier molecular flexibility index (Phi) is 24.9. The van der Waals surface area contributed by atoms with Gasteiger partial charge >= 0.3 is 17.9 Å². The van der Waals surface area contributed by atoms with Crippen molar-refractivity contribution in [2.24, 2.45) is 10.7 Å². The first-order chi connectivity index (χ1) is 33.0. The number of ether oxygens (including phenoxy) is 5. The zero-order valence-corrected chi connectivity index (χ0v) is 40.1. The molecule has 26 nitrogen and oxygen atoms in total. The van der Waals surface area contributed by atoms with Crippen molar-refractivity contribution in [1.82, 2.24) is 10.6 Å². The van der Waals surface area contributed by atoms with Crippen LogP contribution in [0.5, 0.6) is 0 Å². The molecule has 18 N–H and O–H groups in total. The molecule has 0 aliphatic carbocycles. The van der Waals surface area contributed by atoms with E-state index in [4.69, 9.17) is 34.5 Å². The normalized spacial score (nSPS) is 33.8. The van der Waals surface area contributed by atoms with Gasteiger partial charge in [0, 0.05) is 25.7 Å². The number of hydrogen-bond donors (Lipinski definition) is 15. The summed E-state index contributed by atoms with van der Waals surface area (Å²) in [6, 6.07) is -2.94.